The molecule has 0 amide bonds. The third kappa shape index (κ3) is 3.65. The summed E-state index contributed by atoms with van der Waals surface area (Å²) >= 11 is 0. The van der Waals surface area contributed by atoms with Crippen molar-refractivity contribution in [2.45, 2.75) is 6.54 Å². The fourth-order valence-electron chi connectivity index (χ4n) is 1.96. The van der Waals surface area contributed by atoms with Crippen LogP contribution in [0.5, 0.6) is 11.5 Å². The van der Waals surface area contributed by atoms with Gasteiger partial charge in [0.2, 0.25) is 5.69 Å². The van der Waals surface area contributed by atoms with Gasteiger partial charge >= 0.3 is 5.69 Å². The Morgan fingerprint density at radius 3 is 2.61 bits per heavy atom. The molecule has 8 heteroatoms. The first-order valence-corrected chi connectivity index (χ1v) is 6.59. The quantitative estimate of drug-likeness (QED) is 0.644. The van der Waals surface area contributed by atoms with Crippen LogP contribution in [-0.4, -0.2) is 24.1 Å². The zero-order chi connectivity index (χ0) is 16.8. The summed E-state index contributed by atoms with van der Waals surface area (Å²) in [4.78, 5) is 14.1. The maximum absolute atomic E-state index is 10.8. The zero-order valence-corrected chi connectivity index (χ0v) is 12.6. The van der Waals surface area contributed by atoms with Crippen molar-refractivity contribution in [2.24, 2.45) is 0 Å². The topological polar surface area (TPSA) is 110 Å². The molecule has 2 aromatic rings. The van der Waals surface area contributed by atoms with Crippen molar-refractivity contribution in [1.29, 1.82) is 5.26 Å². The number of pyridine rings is 1. The summed E-state index contributed by atoms with van der Waals surface area (Å²) in [6, 6.07) is 9.87. The van der Waals surface area contributed by atoms with E-state index >= 15 is 0 Å². The van der Waals surface area contributed by atoms with Crippen LogP contribution in [0.1, 0.15) is 11.3 Å². The number of hydrogen-bond acceptors (Lipinski definition) is 7. The van der Waals surface area contributed by atoms with Crippen LogP contribution < -0.4 is 14.8 Å². The van der Waals surface area contributed by atoms with Crippen molar-refractivity contribution in [1.82, 2.24) is 4.98 Å². The van der Waals surface area contributed by atoms with Crippen LogP contribution in [0.3, 0.4) is 0 Å². The van der Waals surface area contributed by atoms with E-state index in [2.05, 4.69) is 10.3 Å². The molecular weight excluding hydrogens is 300 g/mol. The molecule has 0 aliphatic rings. The molecule has 1 aromatic heterocycles. The molecule has 8 nitrogen and oxygen atoms in total. The van der Waals surface area contributed by atoms with Gasteiger partial charge in [-0.15, -0.1) is 0 Å². The molecule has 0 spiro atoms. The van der Waals surface area contributed by atoms with Gasteiger partial charge in [-0.1, -0.05) is 6.07 Å². The number of rotatable bonds is 6. The second-order valence-corrected chi connectivity index (χ2v) is 4.48. The van der Waals surface area contributed by atoms with Crippen molar-refractivity contribution >= 4 is 11.5 Å². The minimum atomic E-state index is -0.635. The van der Waals surface area contributed by atoms with Crippen LogP contribution in [0.4, 0.5) is 11.5 Å². The van der Waals surface area contributed by atoms with Gasteiger partial charge < -0.3 is 14.8 Å². The monoisotopic (exact) mass is 314 g/mol. The van der Waals surface area contributed by atoms with Crippen molar-refractivity contribution in [3.8, 4) is 17.6 Å². The first-order valence-electron chi connectivity index (χ1n) is 6.59. The number of ether oxygens (including phenoxy) is 2. The highest BCUT2D eigenvalue weighted by Crippen LogP contribution is 2.28. The molecule has 0 aliphatic carbocycles. The molecule has 1 heterocycles. The lowest BCUT2D eigenvalue weighted by atomic mass is 10.2. The Balaban J connectivity index is 2.15. The number of nitriles is 1. The van der Waals surface area contributed by atoms with E-state index in [0.717, 1.165) is 5.56 Å². The van der Waals surface area contributed by atoms with Crippen LogP contribution in [0.25, 0.3) is 0 Å². The van der Waals surface area contributed by atoms with E-state index in [9.17, 15) is 10.1 Å². The van der Waals surface area contributed by atoms with E-state index < -0.39 is 4.92 Å². The summed E-state index contributed by atoms with van der Waals surface area (Å²) in [6.07, 6.45) is 0. The van der Waals surface area contributed by atoms with E-state index in [-0.39, 0.29) is 11.4 Å². The zero-order valence-electron chi connectivity index (χ0n) is 12.6. The molecular formula is C15H14N4O4. The van der Waals surface area contributed by atoms with Gasteiger partial charge in [-0.2, -0.15) is 5.26 Å². The molecule has 118 valence electrons. The van der Waals surface area contributed by atoms with Gasteiger partial charge in [-0.05, 0) is 23.8 Å². The molecule has 0 aliphatic heterocycles. The summed E-state index contributed by atoms with van der Waals surface area (Å²) in [5.41, 5.74) is 0.359. The molecule has 2 rings (SSSR count). The van der Waals surface area contributed by atoms with Crippen molar-refractivity contribution in [3.05, 3.63) is 51.7 Å². The van der Waals surface area contributed by atoms with E-state index in [1.165, 1.54) is 12.1 Å². The lowest BCUT2D eigenvalue weighted by molar-refractivity contribution is -0.385. The summed E-state index contributed by atoms with van der Waals surface area (Å²) in [6.45, 7) is 0.413. The van der Waals surface area contributed by atoms with Gasteiger partial charge in [0, 0.05) is 12.6 Å². The number of benzene rings is 1. The predicted octanol–water partition coefficient (Wildman–Crippen LogP) is 2.49. The van der Waals surface area contributed by atoms with Crippen molar-refractivity contribution in [3.63, 3.8) is 0 Å². The second-order valence-electron chi connectivity index (χ2n) is 4.48. The van der Waals surface area contributed by atoms with E-state index in [0.29, 0.717) is 23.9 Å². The maximum atomic E-state index is 10.8. The van der Waals surface area contributed by atoms with Crippen LogP contribution in [0.2, 0.25) is 0 Å². The SMILES string of the molecule is COc1ccc(CNc2ccc([N+](=O)[O-])c(C#N)n2)cc1OC. The number of hydrogen-bond donors (Lipinski definition) is 1. The van der Waals surface area contributed by atoms with E-state index in [4.69, 9.17) is 14.7 Å². The Labute approximate surface area is 132 Å². The van der Waals surface area contributed by atoms with Crippen LogP contribution in [0, 0.1) is 21.4 Å². The van der Waals surface area contributed by atoms with Gasteiger partial charge in [0.25, 0.3) is 0 Å². The number of nitrogens with zero attached hydrogens (tertiary/aromatic N) is 3. The summed E-state index contributed by atoms with van der Waals surface area (Å²) in [7, 11) is 3.10. The molecule has 0 fully saturated rings. The maximum Gasteiger partial charge on any atom is 0.305 e. The third-order valence-electron chi connectivity index (χ3n) is 3.10. The molecule has 0 unspecified atom stereocenters. The average Bonchev–Trinajstić information content (AvgIpc) is 2.59. The van der Waals surface area contributed by atoms with Crippen molar-refractivity contribution < 1.29 is 14.4 Å². The molecule has 1 N–H and O–H groups in total. The Hall–Kier alpha value is -3.34. The number of nitrogens with one attached hydrogen (secondary N) is 1. The third-order valence-corrected chi connectivity index (χ3v) is 3.10. The molecule has 0 saturated heterocycles. The van der Waals surface area contributed by atoms with Gasteiger partial charge in [0.05, 0.1) is 19.1 Å². The predicted molar refractivity (Wildman–Crippen MR) is 82.5 cm³/mol. The minimum Gasteiger partial charge on any atom is -0.493 e. The molecule has 0 atom stereocenters. The molecule has 1 aromatic carbocycles. The molecule has 0 radical (unpaired) electrons. The second kappa shape index (κ2) is 7.09. The molecule has 0 saturated carbocycles. The minimum absolute atomic E-state index is 0.229. The number of methoxy groups -OCH3 is 2. The Kier molecular flexibility index (Phi) is 4.94. The van der Waals surface area contributed by atoms with E-state index in [1.807, 2.05) is 12.1 Å². The highest BCUT2D eigenvalue weighted by Gasteiger charge is 2.15. The first kappa shape index (κ1) is 16.0. The highest BCUT2D eigenvalue weighted by molar-refractivity contribution is 5.51. The summed E-state index contributed by atoms with van der Waals surface area (Å²) in [5, 5.41) is 22.7. The number of nitro groups is 1. The lowest BCUT2D eigenvalue weighted by Gasteiger charge is -2.10. The molecule has 23 heavy (non-hydrogen) atoms. The smallest absolute Gasteiger partial charge is 0.305 e. The summed E-state index contributed by atoms with van der Waals surface area (Å²) < 4.78 is 10.4. The van der Waals surface area contributed by atoms with E-state index in [1.54, 1.807) is 26.4 Å². The standard InChI is InChI=1S/C15H14N4O4/c1-22-13-5-3-10(7-14(13)23-2)9-17-15-6-4-12(19(20)21)11(8-16)18-15/h3-7H,9H2,1-2H3,(H,17,18). The number of anilines is 1. The fraction of sp³-hybridized carbons (Fsp3) is 0.200. The fourth-order valence-corrected chi connectivity index (χ4v) is 1.96. The summed E-state index contributed by atoms with van der Waals surface area (Å²) in [5.74, 6) is 1.60. The van der Waals surface area contributed by atoms with Crippen molar-refractivity contribution in [2.75, 3.05) is 19.5 Å². The van der Waals surface area contributed by atoms with Crippen LogP contribution in [0.15, 0.2) is 30.3 Å². The van der Waals surface area contributed by atoms with Gasteiger partial charge in [-0.3, -0.25) is 10.1 Å². The normalized spacial score (nSPS) is 9.78. The average molecular weight is 314 g/mol. The Morgan fingerprint density at radius 1 is 1.26 bits per heavy atom. The number of aromatic nitrogens is 1. The first-order chi connectivity index (χ1) is 11.1. The van der Waals surface area contributed by atoms with Gasteiger partial charge in [-0.25, -0.2) is 4.98 Å². The molecule has 0 bridgehead atoms. The lowest BCUT2D eigenvalue weighted by Crippen LogP contribution is -2.04. The Morgan fingerprint density at radius 2 is 2.00 bits per heavy atom. The Bertz CT molecular complexity index is 771. The highest BCUT2D eigenvalue weighted by atomic mass is 16.6. The largest absolute Gasteiger partial charge is 0.493 e. The van der Waals surface area contributed by atoms with Gasteiger partial charge in [0.1, 0.15) is 11.9 Å². The van der Waals surface area contributed by atoms with Crippen LogP contribution in [-0.2, 0) is 6.54 Å². The van der Waals surface area contributed by atoms with Crippen LogP contribution >= 0.6 is 0 Å². The van der Waals surface area contributed by atoms with Gasteiger partial charge in [0.15, 0.2) is 11.5 Å².